The molecule has 0 fully saturated rings. The number of nitrogens with one attached hydrogen (secondary N) is 3. The molecular weight excluding hydrogens is 673 g/mol. The number of alkyl halides is 3. The fourth-order valence-electron chi connectivity index (χ4n) is 4.68. The lowest BCUT2D eigenvalue weighted by molar-refractivity contribution is -0.115. The van der Waals surface area contributed by atoms with Gasteiger partial charge in [0.15, 0.2) is 11.4 Å². The van der Waals surface area contributed by atoms with Crippen LogP contribution in [0.3, 0.4) is 0 Å². The van der Waals surface area contributed by atoms with E-state index in [1.54, 1.807) is 24.3 Å². The van der Waals surface area contributed by atoms with Crippen LogP contribution in [0.1, 0.15) is 76.8 Å². The summed E-state index contributed by atoms with van der Waals surface area (Å²) < 4.78 is 55.4. The highest BCUT2D eigenvalue weighted by Gasteiger charge is 2.27. The lowest BCUT2D eigenvalue weighted by Gasteiger charge is -2.08. The minimum absolute atomic E-state index is 0.0115. The molecule has 1 aromatic carbocycles. The fraction of sp³-hybridized carbons (Fsp3) is 0.412. The molecule has 0 aliphatic carbocycles. The number of oxazole rings is 1. The maximum Gasteiger partial charge on any atom is 0.405 e. The zero-order chi connectivity index (χ0) is 36.6. The van der Waals surface area contributed by atoms with Crippen molar-refractivity contribution in [3.8, 4) is 17.1 Å². The van der Waals surface area contributed by atoms with Crippen molar-refractivity contribution in [2.45, 2.75) is 51.6 Å². The van der Waals surface area contributed by atoms with Crippen LogP contribution in [0.25, 0.3) is 17.1 Å². The number of halogens is 3. The van der Waals surface area contributed by atoms with E-state index in [0.29, 0.717) is 37.6 Å². The number of anilines is 2. The van der Waals surface area contributed by atoms with Gasteiger partial charge in [0.1, 0.15) is 18.6 Å². The number of nitrogens with zero attached hydrogens (tertiary/aromatic N) is 4. The number of ether oxygens (including phenoxy) is 2. The van der Waals surface area contributed by atoms with Crippen molar-refractivity contribution in [1.29, 1.82) is 0 Å². The average molecular weight is 715 g/mol. The third-order valence-corrected chi connectivity index (χ3v) is 7.32. The molecule has 14 nitrogen and oxygen atoms in total. The van der Waals surface area contributed by atoms with E-state index in [1.807, 2.05) is 0 Å². The summed E-state index contributed by atoms with van der Waals surface area (Å²) in [7, 11) is 0. The average Bonchev–Trinajstić information content (AvgIpc) is 3.78. The van der Waals surface area contributed by atoms with Crippen LogP contribution < -0.4 is 21.7 Å². The van der Waals surface area contributed by atoms with Gasteiger partial charge in [-0.15, -0.1) is 0 Å². The molecule has 17 heteroatoms. The van der Waals surface area contributed by atoms with E-state index in [-0.39, 0.29) is 40.3 Å². The molecule has 51 heavy (non-hydrogen) atoms. The summed E-state index contributed by atoms with van der Waals surface area (Å²) in [6.07, 6.45) is 5.27. The van der Waals surface area contributed by atoms with E-state index < -0.39 is 24.5 Å². The van der Waals surface area contributed by atoms with Crippen LogP contribution in [-0.2, 0) is 9.47 Å². The maximum atomic E-state index is 13.0. The molecular formula is C34H41F3N8O6. The summed E-state index contributed by atoms with van der Waals surface area (Å²) in [5.41, 5.74) is 6.26. The molecule has 0 spiro atoms. The van der Waals surface area contributed by atoms with Gasteiger partial charge in [-0.25, -0.2) is 14.6 Å². The molecule has 0 bridgehead atoms. The molecule has 4 aromatic rings. The van der Waals surface area contributed by atoms with Crippen LogP contribution in [0.5, 0.6) is 0 Å². The number of aromatic nitrogens is 4. The Balaban J connectivity index is 1.25. The first-order valence-corrected chi connectivity index (χ1v) is 16.5. The maximum absolute atomic E-state index is 13.0. The fourth-order valence-corrected chi connectivity index (χ4v) is 4.68. The largest absolute Gasteiger partial charge is 0.444 e. The molecule has 0 saturated heterocycles. The van der Waals surface area contributed by atoms with Gasteiger partial charge in [0.25, 0.3) is 17.7 Å². The topological polar surface area (TPSA) is 189 Å². The van der Waals surface area contributed by atoms with Crippen molar-refractivity contribution in [3.63, 3.8) is 0 Å². The molecule has 3 aromatic heterocycles. The number of benzene rings is 1. The first-order valence-electron chi connectivity index (χ1n) is 16.5. The molecule has 5 N–H and O–H groups in total. The Bertz CT molecular complexity index is 1730. The second-order valence-electron chi connectivity index (χ2n) is 11.4. The lowest BCUT2D eigenvalue weighted by Crippen LogP contribution is -2.24. The highest BCUT2D eigenvalue weighted by molar-refractivity contribution is 6.07. The third kappa shape index (κ3) is 12.5. The van der Waals surface area contributed by atoms with Gasteiger partial charge >= 0.3 is 6.18 Å². The van der Waals surface area contributed by atoms with Gasteiger partial charge < -0.3 is 35.6 Å². The number of carbonyl (C=O) groups excluding carboxylic acids is 3. The Morgan fingerprint density at radius 3 is 2.35 bits per heavy atom. The van der Waals surface area contributed by atoms with Crippen molar-refractivity contribution < 1.29 is 41.4 Å². The highest BCUT2D eigenvalue weighted by atomic mass is 19.4. The molecule has 0 aliphatic rings. The Hall–Kier alpha value is -5.29. The lowest BCUT2D eigenvalue weighted by atomic mass is 10.2. The van der Waals surface area contributed by atoms with Gasteiger partial charge in [0, 0.05) is 37.1 Å². The zero-order valence-electron chi connectivity index (χ0n) is 28.1. The van der Waals surface area contributed by atoms with Gasteiger partial charge in [-0.05, 0) is 62.1 Å². The van der Waals surface area contributed by atoms with Crippen LogP contribution >= 0.6 is 0 Å². The molecule has 0 atom stereocenters. The Morgan fingerprint density at radius 1 is 0.941 bits per heavy atom. The zero-order valence-corrected chi connectivity index (χ0v) is 28.1. The second-order valence-corrected chi connectivity index (χ2v) is 11.4. The summed E-state index contributed by atoms with van der Waals surface area (Å²) in [6, 6.07) is 9.19. The molecule has 274 valence electrons. The van der Waals surface area contributed by atoms with Crippen LogP contribution in [0.2, 0.25) is 0 Å². The van der Waals surface area contributed by atoms with Crippen LogP contribution in [0.4, 0.5) is 24.7 Å². The highest BCUT2D eigenvalue weighted by Crippen LogP contribution is 2.24. The molecule has 0 saturated carbocycles. The Labute approximate surface area is 292 Å². The van der Waals surface area contributed by atoms with Crippen LogP contribution in [0, 0.1) is 0 Å². The number of carbonyl (C=O) groups is 3. The van der Waals surface area contributed by atoms with Crippen molar-refractivity contribution in [2.75, 3.05) is 50.2 Å². The van der Waals surface area contributed by atoms with Gasteiger partial charge in [-0.1, -0.05) is 19.8 Å². The van der Waals surface area contributed by atoms with E-state index in [1.165, 1.54) is 42.0 Å². The van der Waals surface area contributed by atoms with Crippen molar-refractivity contribution in [1.82, 2.24) is 25.1 Å². The Morgan fingerprint density at radius 2 is 1.67 bits per heavy atom. The molecule has 4 rings (SSSR count). The smallest absolute Gasteiger partial charge is 0.405 e. The number of unbranched alkanes of at least 4 members (excludes halogenated alkanes) is 4. The molecule has 3 amide bonds. The number of rotatable bonds is 21. The SMILES string of the molecule is CCCCCOCCOCCCCCNC(=O)c1ccc(-n2cc(NC(=O)c3coc(-c4ccnc(NCC(F)(F)F)c4)n3)c(C(N)=O)n2)cc1. The van der Waals surface area contributed by atoms with E-state index in [2.05, 4.69) is 37.9 Å². The number of nitrogens with two attached hydrogens (primary N) is 1. The predicted molar refractivity (Wildman–Crippen MR) is 182 cm³/mol. The van der Waals surface area contributed by atoms with E-state index in [0.717, 1.165) is 38.6 Å². The number of amides is 3. The summed E-state index contributed by atoms with van der Waals surface area (Å²) in [5, 5.41) is 11.8. The molecule has 0 aliphatic heterocycles. The minimum atomic E-state index is -4.44. The first kappa shape index (κ1) is 38.5. The van der Waals surface area contributed by atoms with Crippen molar-refractivity contribution >= 4 is 29.2 Å². The Kier molecular flexibility index (Phi) is 14.5. The van der Waals surface area contributed by atoms with E-state index in [9.17, 15) is 27.6 Å². The summed E-state index contributed by atoms with van der Waals surface area (Å²) in [4.78, 5) is 45.7. The molecule has 0 unspecified atom stereocenters. The molecule has 3 heterocycles. The molecule has 0 radical (unpaired) electrons. The monoisotopic (exact) mass is 714 g/mol. The first-order chi connectivity index (χ1) is 24.5. The van der Waals surface area contributed by atoms with Crippen LogP contribution in [-0.4, -0.2) is 83.2 Å². The van der Waals surface area contributed by atoms with Crippen molar-refractivity contribution in [3.05, 3.63) is 72.0 Å². The number of hydrogen-bond acceptors (Lipinski definition) is 10. The van der Waals surface area contributed by atoms with E-state index in [4.69, 9.17) is 19.6 Å². The number of primary amides is 1. The predicted octanol–water partition coefficient (Wildman–Crippen LogP) is 5.37. The van der Waals surface area contributed by atoms with Crippen molar-refractivity contribution in [2.24, 2.45) is 5.73 Å². The summed E-state index contributed by atoms with van der Waals surface area (Å²) >= 11 is 0. The third-order valence-electron chi connectivity index (χ3n) is 7.32. The quantitative estimate of drug-likeness (QED) is 0.0817. The second kappa shape index (κ2) is 19.2. The van der Waals surface area contributed by atoms with Crippen LogP contribution in [0.15, 0.2) is 59.5 Å². The van der Waals surface area contributed by atoms with Gasteiger partial charge in [-0.2, -0.15) is 18.3 Å². The van der Waals surface area contributed by atoms with E-state index >= 15 is 0 Å². The van der Waals surface area contributed by atoms with Gasteiger partial charge in [0.05, 0.1) is 30.8 Å². The normalized spacial score (nSPS) is 11.4. The summed E-state index contributed by atoms with van der Waals surface area (Å²) in [6.45, 7) is 3.99. The number of pyridine rings is 1. The minimum Gasteiger partial charge on any atom is -0.444 e. The number of hydrogen-bond donors (Lipinski definition) is 4. The van der Waals surface area contributed by atoms with Gasteiger partial charge in [-0.3, -0.25) is 14.4 Å². The van der Waals surface area contributed by atoms with Gasteiger partial charge in [0.2, 0.25) is 5.89 Å². The standard InChI is InChI=1S/C34H41F3N8O6/c1-2-3-6-15-49-17-18-50-16-7-4-5-13-40-31(47)23-8-10-25(11-9-23)45-20-26(29(44-45)30(38)46)42-32(48)27-21-51-33(43-27)24-12-14-39-28(19-24)41-22-34(35,36)37/h8-12,14,19-21H,2-7,13,15-18,22H2,1H3,(H2,38,46)(H,39,41)(H,40,47)(H,42,48). The summed E-state index contributed by atoms with van der Waals surface area (Å²) in [5.74, 6) is -2.03.